The van der Waals surface area contributed by atoms with Crippen LogP contribution in [-0.2, 0) is 19.1 Å². The van der Waals surface area contributed by atoms with Crippen LogP contribution in [0.2, 0.25) is 0 Å². The molecular weight excluding hydrogens is 264 g/mol. The van der Waals surface area contributed by atoms with Crippen molar-refractivity contribution in [3.63, 3.8) is 0 Å². The van der Waals surface area contributed by atoms with Crippen molar-refractivity contribution in [1.29, 1.82) is 0 Å². The Labute approximate surface area is 129 Å². The standard InChI is InChI=1S/C12H20O6.Mg/c1-11(2,3)17-9(15)7(13)8(14)10(16)18-12(4,5)6;/h7-8H,1-6H3;/q-2;+2/t7-,8-;/m1./s1. The molecule has 0 N–H and O–H groups in total. The molecule has 0 saturated heterocycles. The maximum absolute atomic E-state index is 11.4. The molecule has 0 spiro atoms. The molecule has 0 radical (unpaired) electrons. The van der Waals surface area contributed by atoms with E-state index >= 15 is 0 Å². The first-order valence-electron chi connectivity index (χ1n) is 5.61. The minimum Gasteiger partial charge on any atom is -0.844 e. The molecule has 0 amide bonds. The van der Waals surface area contributed by atoms with Crippen LogP contribution < -0.4 is 10.2 Å². The fraction of sp³-hybridized carbons (Fsp3) is 0.833. The topological polar surface area (TPSA) is 98.7 Å². The van der Waals surface area contributed by atoms with E-state index in [-0.39, 0.29) is 23.1 Å². The van der Waals surface area contributed by atoms with Gasteiger partial charge < -0.3 is 19.7 Å². The molecule has 6 nitrogen and oxygen atoms in total. The molecular formula is C12H20MgO6. The molecule has 0 aromatic rings. The van der Waals surface area contributed by atoms with Gasteiger partial charge in [-0.15, -0.1) is 0 Å². The maximum Gasteiger partial charge on any atom is 2.00 e. The Balaban J connectivity index is 0. The molecule has 0 aliphatic rings. The van der Waals surface area contributed by atoms with Crippen LogP contribution in [0.5, 0.6) is 0 Å². The number of rotatable bonds is 3. The fourth-order valence-electron chi connectivity index (χ4n) is 0.967. The van der Waals surface area contributed by atoms with Crippen LogP contribution in [-0.4, -0.2) is 58.4 Å². The van der Waals surface area contributed by atoms with Crippen LogP contribution in [0.25, 0.3) is 0 Å². The predicted molar refractivity (Wildman–Crippen MR) is 65.0 cm³/mol. The predicted octanol–water partition coefficient (Wildman–Crippen LogP) is -1.25. The van der Waals surface area contributed by atoms with Crippen LogP contribution in [0.4, 0.5) is 0 Å². The van der Waals surface area contributed by atoms with Gasteiger partial charge in [0.25, 0.3) is 11.9 Å². The molecule has 0 fully saturated rings. The van der Waals surface area contributed by atoms with Crippen molar-refractivity contribution in [2.45, 2.75) is 65.0 Å². The van der Waals surface area contributed by atoms with Crippen molar-refractivity contribution in [3.05, 3.63) is 0 Å². The quantitative estimate of drug-likeness (QED) is 0.474. The average molecular weight is 285 g/mol. The summed E-state index contributed by atoms with van der Waals surface area (Å²) in [5.41, 5.74) is -1.76. The van der Waals surface area contributed by atoms with Gasteiger partial charge in [0.15, 0.2) is 0 Å². The fourth-order valence-corrected chi connectivity index (χ4v) is 0.967. The number of esters is 2. The van der Waals surface area contributed by atoms with E-state index in [4.69, 9.17) is 9.47 Å². The smallest absolute Gasteiger partial charge is 0.844 e. The summed E-state index contributed by atoms with van der Waals surface area (Å²) in [5, 5.41) is 22.9. The average Bonchev–Trinajstić information content (AvgIpc) is 2.09. The van der Waals surface area contributed by atoms with Gasteiger partial charge >= 0.3 is 23.1 Å². The summed E-state index contributed by atoms with van der Waals surface area (Å²) in [6.07, 6.45) is -4.64. The van der Waals surface area contributed by atoms with Crippen molar-refractivity contribution >= 4 is 35.0 Å². The van der Waals surface area contributed by atoms with Crippen molar-refractivity contribution < 1.29 is 29.3 Å². The summed E-state index contributed by atoms with van der Waals surface area (Å²) in [6, 6.07) is 0. The Kier molecular flexibility index (Phi) is 8.17. The van der Waals surface area contributed by atoms with Crippen LogP contribution >= 0.6 is 0 Å². The first-order chi connectivity index (χ1) is 7.83. The van der Waals surface area contributed by atoms with Crippen LogP contribution in [0, 0.1) is 0 Å². The normalized spacial score (nSPS) is 14.9. The van der Waals surface area contributed by atoms with E-state index in [1.807, 2.05) is 0 Å². The second-order valence-electron chi connectivity index (χ2n) is 5.91. The van der Waals surface area contributed by atoms with Crippen molar-refractivity contribution in [3.8, 4) is 0 Å². The molecule has 19 heavy (non-hydrogen) atoms. The largest absolute Gasteiger partial charge is 2.00 e. The van der Waals surface area contributed by atoms with E-state index in [0.717, 1.165) is 0 Å². The minimum atomic E-state index is -2.32. The van der Waals surface area contributed by atoms with Gasteiger partial charge in [0, 0.05) is 0 Å². The van der Waals surface area contributed by atoms with E-state index in [1.165, 1.54) is 0 Å². The summed E-state index contributed by atoms with van der Waals surface area (Å²) in [7, 11) is 0. The van der Waals surface area contributed by atoms with Crippen molar-refractivity contribution in [2.24, 2.45) is 0 Å². The second kappa shape index (κ2) is 7.42. The molecule has 7 heteroatoms. The van der Waals surface area contributed by atoms with Crippen LogP contribution in [0.3, 0.4) is 0 Å². The van der Waals surface area contributed by atoms with E-state index in [2.05, 4.69) is 0 Å². The summed E-state index contributed by atoms with van der Waals surface area (Å²) < 4.78 is 9.48. The number of hydrogen-bond acceptors (Lipinski definition) is 6. The Morgan fingerprint density at radius 2 is 1.00 bits per heavy atom. The Bertz CT molecular complexity index is 283. The van der Waals surface area contributed by atoms with Gasteiger partial charge in [0.05, 0.1) is 0 Å². The minimum absolute atomic E-state index is 0. The van der Waals surface area contributed by atoms with Gasteiger partial charge in [-0.2, -0.15) is 0 Å². The summed E-state index contributed by atoms with van der Waals surface area (Å²) in [4.78, 5) is 22.7. The summed E-state index contributed by atoms with van der Waals surface area (Å²) in [6.45, 7) is 9.36. The zero-order chi connectivity index (χ0) is 14.7. The second-order valence-corrected chi connectivity index (χ2v) is 5.91. The first kappa shape index (κ1) is 20.9. The zero-order valence-electron chi connectivity index (χ0n) is 12.3. The molecule has 0 rings (SSSR count). The Hall–Kier alpha value is -0.374. The van der Waals surface area contributed by atoms with Gasteiger partial charge in [-0.3, -0.25) is 9.59 Å². The Morgan fingerprint density at radius 1 is 0.789 bits per heavy atom. The van der Waals surface area contributed by atoms with E-state index in [1.54, 1.807) is 41.5 Å². The van der Waals surface area contributed by atoms with Crippen molar-refractivity contribution in [1.82, 2.24) is 0 Å². The van der Waals surface area contributed by atoms with Gasteiger partial charge in [-0.25, -0.2) is 0 Å². The van der Waals surface area contributed by atoms with E-state index in [0.29, 0.717) is 0 Å². The number of ether oxygens (including phenoxy) is 2. The molecule has 0 unspecified atom stereocenters. The summed E-state index contributed by atoms with van der Waals surface area (Å²) >= 11 is 0. The van der Waals surface area contributed by atoms with Crippen LogP contribution in [0.1, 0.15) is 41.5 Å². The van der Waals surface area contributed by atoms with Gasteiger partial charge in [0.2, 0.25) is 0 Å². The van der Waals surface area contributed by atoms with Crippen molar-refractivity contribution in [2.75, 3.05) is 0 Å². The van der Waals surface area contributed by atoms with E-state index < -0.39 is 35.3 Å². The third-order valence-electron chi connectivity index (χ3n) is 1.55. The Morgan fingerprint density at radius 3 is 1.16 bits per heavy atom. The molecule has 0 aliphatic carbocycles. The SMILES string of the molecule is CC(C)(C)OC(=O)[C@H]([O-])[C@@H]([O-])C(=O)OC(C)(C)C.[Mg+2]. The molecule has 0 aromatic heterocycles. The number of hydrogen-bond donors (Lipinski definition) is 0. The number of carbonyl (C=O) groups excluding carboxylic acids is 2. The molecule has 106 valence electrons. The first-order valence-corrected chi connectivity index (χ1v) is 5.61. The third-order valence-corrected chi connectivity index (χ3v) is 1.55. The van der Waals surface area contributed by atoms with Gasteiger partial charge in [-0.1, -0.05) is 0 Å². The molecule has 2 atom stereocenters. The molecule has 0 bridgehead atoms. The molecule has 0 saturated carbocycles. The maximum atomic E-state index is 11.4. The van der Waals surface area contributed by atoms with Crippen LogP contribution in [0.15, 0.2) is 0 Å². The molecule has 0 aliphatic heterocycles. The van der Waals surface area contributed by atoms with Gasteiger partial charge in [-0.05, 0) is 53.8 Å². The summed E-state index contributed by atoms with van der Waals surface area (Å²) in [5.74, 6) is -2.48. The molecule has 0 heterocycles. The van der Waals surface area contributed by atoms with E-state index in [9.17, 15) is 19.8 Å². The number of carbonyl (C=O) groups is 2. The van der Waals surface area contributed by atoms with Gasteiger partial charge in [0.1, 0.15) is 11.2 Å². The third kappa shape index (κ3) is 9.20. The molecule has 0 aromatic carbocycles. The zero-order valence-corrected chi connectivity index (χ0v) is 13.7. The monoisotopic (exact) mass is 284 g/mol.